The van der Waals surface area contributed by atoms with Crippen LogP contribution in [0.5, 0.6) is 5.75 Å². The molecule has 0 spiro atoms. The number of anilines is 1. The van der Waals surface area contributed by atoms with E-state index in [1.165, 1.54) is 17.0 Å². The average Bonchev–Trinajstić information content (AvgIpc) is 2.36. The van der Waals surface area contributed by atoms with Gasteiger partial charge in [-0.3, -0.25) is 0 Å². The van der Waals surface area contributed by atoms with Crippen molar-refractivity contribution in [3.8, 4) is 5.75 Å². The van der Waals surface area contributed by atoms with Crippen LogP contribution in [-0.4, -0.2) is 44.5 Å². The van der Waals surface area contributed by atoms with E-state index in [2.05, 4.69) is 15.4 Å². The highest BCUT2D eigenvalue weighted by Crippen LogP contribution is 2.23. The number of likely N-dealkylation sites (N-methyl/N-ethyl adjacent to an activating group) is 2. The van der Waals surface area contributed by atoms with Crippen molar-refractivity contribution in [2.45, 2.75) is 6.36 Å². The van der Waals surface area contributed by atoms with Gasteiger partial charge in [-0.15, -0.1) is 13.2 Å². The Kier molecular flexibility index (Phi) is 5.63. The van der Waals surface area contributed by atoms with Gasteiger partial charge >= 0.3 is 12.4 Å². The summed E-state index contributed by atoms with van der Waals surface area (Å²) < 4.78 is 39.6. The largest absolute Gasteiger partial charge is 0.573 e. The van der Waals surface area contributed by atoms with Gasteiger partial charge in [-0.2, -0.15) is 0 Å². The normalized spacial score (nSPS) is 11.1. The summed E-state index contributed by atoms with van der Waals surface area (Å²) in [5.41, 5.74) is 0.390. The van der Waals surface area contributed by atoms with Gasteiger partial charge in [0.1, 0.15) is 5.75 Å². The lowest BCUT2D eigenvalue weighted by Gasteiger charge is -2.17. The topological polar surface area (TPSA) is 53.6 Å². The quantitative estimate of drug-likeness (QED) is 0.875. The van der Waals surface area contributed by atoms with Gasteiger partial charge in [-0.1, -0.05) is 0 Å². The van der Waals surface area contributed by atoms with Gasteiger partial charge in [0.2, 0.25) is 0 Å². The molecule has 0 aliphatic heterocycles. The van der Waals surface area contributed by atoms with E-state index in [4.69, 9.17) is 0 Å². The molecule has 1 aromatic carbocycles. The fourth-order valence-corrected chi connectivity index (χ4v) is 1.34. The Balaban J connectivity index is 2.55. The summed E-state index contributed by atoms with van der Waals surface area (Å²) in [6, 6.07) is 4.60. The number of alkyl halides is 3. The van der Waals surface area contributed by atoms with E-state index >= 15 is 0 Å². The van der Waals surface area contributed by atoms with Crippen molar-refractivity contribution in [1.82, 2.24) is 10.2 Å². The molecule has 8 heteroatoms. The maximum atomic E-state index is 12.0. The fraction of sp³-hybridized carbons (Fsp3) is 0.417. The molecule has 20 heavy (non-hydrogen) atoms. The summed E-state index contributed by atoms with van der Waals surface area (Å²) in [6.07, 6.45) is -4.72. The third-order valence-corrected chi connectivity index (χ3v) is 2.38. The maximum Gasteiger partial charge on any atom is 0.573 e. The summed E-state index contributed by atoms with van der Waals surface area (Å²) in [6.45, 7) is 1.15. The van der Waals surface area contributed by atoms with E-state index in [9.17, 15) is 18.0 Å². The van der Waals surface area contributed by atoms with Crippen molar-refractivity contribution < 1.29 is 22.7 Å². The van der Waals surface area contributed by atoms with E-state index in [-0.39, 0.29) is 11.8 Å². The monoisotopic (exact) mass is 291 g/mol. The Labute approximate surface area is 114 Å². The molecular weight excluding hydrogens is 275 g/mol. The van der Waals surface area contributed by atoms with Gasteiger partial charge in [-0.25, -0.2) is 4.79 Å². The summed E-state index contributed by atoms with van der Waals surface area (Å²) in [5.74, 6) is -0.334. The first kappa shape index (κ1) is 16.1. The molecule has 0 saturated heterocycles. The molecule has 0 heterocycles. The first-order chi connectivity index (χ1) is 9.31. The second-order valence-corrected chi connectivity index (χ2v) is 4.03. The minimum atomic E-state index is -4.72. The van der Waals surface area contributed by atoms with Crippen LogP contribution in [0.1, 0.15) is 0 Å². The third-order valence-electron chi connectivity index (χ3n) is 2.38. The van der Waals surface area contributed by atoms with Crippen molar-refractivity contribution in [3.63, 3.8) is 0 Å². The third kappa shape index (κ3) is 5.79. The number of hydrogen-bond donors (Lipinski definition) is 2. The zero-order valence-electron chi connectivity index (χ0n) is 11.1. The van der Waals surface area contributed by atoms with E-state index < -0.39 is 6.36 Å². The number of amides is 2. The van der Waals surface area contributed by atoms with Gasteiger partial charge in [0.15, 0.2) is 0 Å². The predicted octanol–water partition coefficient (Wildman–Crippen LogP) is 2.27. The fourth-order valence-electron chi connectivity index (χ4n) is 1.34. The first-order valence-electron chi connectivity index (χ1n) is 5.84. The number of halogens is 3. The van der Waals surface area contributed by atoms with Crippen molar-refractivity contribution in [2.24, 2.45) is 0 Å². The lowest BCUT2D eigenvalue weighted by molar-refractivity contribution is -0.274. The summed E-state index contributed by atoms with van der Waals surface area (Å²) in [7, 11) is 3.39. The van der Waals surface area contributed by atoms with Crippen LogP contribution in [0.4, 0.5) is 23.7 Å². The number of nitrogens with one attached hydrogen (secondary N) is 2. The lowest BCUT2D eigenvalue weighted by atomic mass is 10.3. The molecule has 2 amide bonds. The van der Waals surface area contributed by atoms with Gasteiger partial charge in [-0.05, 0) is 31.3 Å². The Morgan fingerprint density at radius 2 is 1.90 bits per heavy atom. The van der Waals surface area contributed by atoms with E-state index in [0.29, 0.717) is 18.8 Å². The second-order valence-electron chi connectivity index (χ2n) is 4.03. The maximum absolute atomic E-state index is 12.0. The smallest absolute Gasteiger partial charge is 0.406 e. The van der Waals surface area contributed by atoms with Crippen molar-refractivity contribution in [1.29, 1.82) is 0 Å². The number of urea groups is 1. The van der Waals surface area contributed by atoms with Crippen LogP contribution in [0.25, 0.3) is 0 Å². The van der Waals surface area contributed by atoms with Gasteiger partial charge in [0.05, 0.1) is 0 Å². The van der Waals surface area contributed by atoms with E-state index in [0.717, 1.165) is 12.1 Å². The highest BCUT2D eigenvalue weighted by atomic mass is 19.4. The number of rotatable bonds is 5. The number of benzene rings is 1. The highest BCUT2D eigenvalue weighted by Gasteiger charge is 2.30. The van der Waals surface area contributed by atoms with Crippen LogP contribution in [-0.2, 0) is 0 Å². The molecule has 0 aliphatic carbocycles. The van der Waals surface area contributed by atoms with Crippen LogP contribution < -0.4 is 15.4 Å². The molecular formula is C12H16F3N3O2. The minimum absolute atomic E-state index is 0.334. The molecule has 0 aliphatic rings. The van der Waals surface area contributed by atoms with Crippen LogP contribution >= 0.6 is 0 Å². The van der Waals surface area contributed by atoms with Crippen molar-refractivity contribution >= 4 is 11.7 Å². The Morgan fingerprint density at radius 3 is 2.40 bits per heavy atom. The zero-order chi connectivity index (χ0) is 15.2. The molecule has 2 N–H and O–H groups in total. The van der Waals surface area contributed by atoms with Crippen LogP contribution in [0, 0.1) is 0 Å². The molecule has 1 rings (SSSR count). The highest BCUT2D eigenvalue weighted by molar-refractivity contribution is 5.89. The molecule has 0 aromatic heterocycles. The number of carbonyl (C=O) groups is 1. The predicted molar refractivity (Wildman–Crippen MR) is 68.7 cm³/mol. The first-order valence-corrected chi connectivity index (χ1v) is 5.84. The van der Waals surface area contributed by atoms with Crippen LogP contribution in [0.3, 0.4) is 0 Å². The number of hydrogen-bond acceptors (Lipinski definition) is 3. The molecule has 0 saturated carbocycles. The summed E-state index contributed by atoms with van der Waals surface area (Å²) in [4.78, 5) is 13.2. The molecule has 0 unspecified atom stereocenters. The van der Waals surface area contributed by atoms with Crippen LogP contribution in [0.2, 0.25) is 0 Å². The van der Waals surface area contributed by atoms with Gasteiger partial charge in [0.25, 0.3) is 0 Å². The zero-order valence-corrected chi connectivity index (χ0v) is 11.1. The molecule has 112 valence electrons. The Bertz CT molecular complexity index is 435. The van der Waals surface area contributed by atoms with Gasteiger partial charge in [0, 0.05) is 25.8 Å². The number of carbonyl (C=O) groups excluding carboxylic acids is 1. The van der Waals surface area contributed by atoms with Crippen LogP contribution in [0.15, 0.2) is 24.3 Å². The Morgan fingerprint density at radius 1 is 1.30 bits per heavy atom. The SMILES string of the molecule is CNCCN(C)C(=O)Nc1ccc(OC(F)(F)F)cc1. The summed E-state index contributed by atoms with van der Waals surface area (Å²) >= 11 is 0. The molecule has 0 bridgehead atoms. The molecule has 0 atom stereocenters. The molecule has 1 aromatic rings. The Hall–Kier alpha value is -1.96. The lowest BCUT2D eigenvalue weighted by Crippen LogP contribution is -2.35. The standard InChI is InChI=1S/C12H16F3N3O2/c1-16-7-8-18(2)11(19)17-9-3-5-10(6-4-9)20-12(13,14)15/h3-6,16H,7-8H2,1-2H3,(H,17,19). The molecule has 0 radical (unpaired) electrons. The molecule has 0 fully saturated rings. The van der Waals surface area contributed by atoms with E-state index in [1.54, 1.807) is 14.1 Å². The van der Waals surface area contributed by atoms with Gasteiger partial charge < -0.3 is 20.3 Å². The van der Waals surface area contributed by atoms with Crippen molar-refractivity contribution in [2.75, 3.05) is 32.5 Å². The van der Waals surface area contributed by atoms with E-state index in [1.807, 2.05) is 0 Å². The molecule has 5 nitrogen and oxygen atoms in total. The number of ether oxygens (including phenoxy) is 1. The van der Waals surface area contributed by atoms with Crippen molar-refractivity contribution in [3.05, 3.63) is 24.3 Å². The minimum Gasteiger partial charge on any atom is -0.406 e. The average molecular weight is 291 g/mol. The second kappa shape index (κ2) is 6.99. The number of nitrogens with zero attached hydrogens (tertiary/aromatic N) is 1. The summed E-state index contributed by atoms with van der Waals surface area (Å²) in [5, 5.41) is 5.46.